The standard InChI is InChI=1S/C19H20N2O2S/c1-21(13-16-5-4-10-24-16)12-15-11-14(8-9-18(15)22)17-6-3-7-19(20-17)23-2/h3-11,22H,12-13H2,1-2H3. The summed E-state index contributed by atoms with van der Waals surface area (Å²) in [5.74, 6) is 0.886. The number of phenols is 1. The highest BCUT2D eigenvalue weighted by molar-refractivity contribution is 7.09. The van der Waals surface area contributed by atoms with Gasteiger partial charge < -0.3 is 9.84 Å². The Hall–Kier alpha value is -2.37. The molecule has 124 valence electrons. The number of pyridine rings is 1. The van der Waals surface area contributed by atoms with Crippen LogP contribution in [0.5, 0.6) is 11.6 Å². The van der Waals surface area contributed by atoms with E-state index in [-0.39, 0.29) is 0 Å². The van der Waals surface area contributed by atoms with Crippen LogP contribution in [-0.2, 0) is 13.1 Å². The molecule has 0 fully saturated rings. The molecule has 24 heavy (non-hydrogen) atoms. The lowest BCUT2D eigenvalue weighted by Crippen LogP contribution is -2.16. The van der Waals surface area contributed by atoms with Gasteiger partial charge in [-0.1, -0.05) is 12.1 Å². The van der Waals surface area contributed by atoms with Crippen LogP contribution in [0.3, 0.4) is 0 Å². The zero-order chi connectivity index (χ0) is 16.9. The third kappa shape index (κ3) is 3.93. The Balaban J connectivity index is 1.80. The first kappa shape index (κ1) is 16.5. The molecule has 0 aliphatic carbocycles. The van der Waals surface area contributed by atoms with Crippen LogP contribution < -0.4 is 4.74 Å². The smallest absolute Gasteiger partial charge is 0.213 e. The molecule has 0 aliphatic heterocycles. The van der Waals surface area contributed by atoms with Gasteiger partial charge in [0, 0.05) is 35.2 Å². The second-order valence-corrected chi connectivity index (χ2v) is 6.69. The van der Waals surface area contributed by atoms with E-state index in [2.05, 4.69) is 34.4 Å². The van der Waals surface area contributed by atoms with Crippen molar-refractivity contribution < 1.29 is 9.84 Å². The van der Waals surface area contributed by atoms with E-state index in [1.165, 1.54) is 4.88 Å². The van der Waals surface area contributed by atoms with Gasteiger partial charge in [-0.2, -0.15) is 0 Å². The highest BCUT2D eigenvalue weighted by Crippen LogP contribution is 2.27. The second kappa shape index (κ2) is 7.47. The maximum atomic E-state index is 10.2. The molecule has 4 nitrogen and oxygen atoms in total. The van der Waals surface area contributed by atoms with Crippen molar-refractivity contribution in [2.24, 2.45) is 0 Å². The van der Waals surface area contributed by atoms with E-state index >= 15 is 0 Å². The van der Waals surface area contributed by atoms with Gasteiger partial charge in [0.25, 0.3) is 0 Å². The van der Waals surface area contributed by atoms with Crippen molar-refractivity contribution in [3.05, 3.63) is 64.4 Å². The third-order valence-corrected chi connectivity index (χ3v) is 4.62. The molecule has 0 unspecified atom stereocenters. The normalized spacial score (nSPS) is 11.0. The van der Waals surface area contributed by atoms with Crippen LogP contribution in [0.2, 0.25) is 0 Å². The molecular formula is C19H20N2O2S. The fourth-order valence-electron chi connectivity index (χ4n) is 2.58. The molecule has 0 saturated carbocycles. The minimum absolute atomic E-state index is 0.305. The second-order valence-electron chi connectivity index (χ2n) is 5.66. The molecule has 0 aliphatic rings. The van der Waals surface area contributed by atoms with Crippen LogP contribution in [-0.4, -0.2) is 29.1 Å². The summed E-state index contributed by atoms with van der Waals surface area (Å²) >= 11 is 1.74. The predicted octanol–water partition coefficient (Wildman–Crippen LogP) is 4.16. The van der Waals surface area contributed by atoms with Crippen molar-refractivity contribution in [1.82, 2.24) is 9.88 Å². The summed E-state index contributed by atoms with van der Waals surface area (Å²) in [5, 5.41) is 12.3. The van der Waals surface area contributed by atoms with Crippen LogP contribution in [0.1, 0.15) is 10.4 Å². The van der Waals surface area contributed by atoms with Gasteiger partial charge in [0.15, 0.2) is 0 Å². The summed E-state index contributed by atoms with van der Waals surface area (Å²) < 4.78 is 5.19. The molecule has 0 radical (unpaired) electrons. The minimum atomic E-state index is 0.305. The van der Waals surface area contributed by atoms with E-state index in [0.29, 0.717) is 18.2 Å². The number of hydrogen-bond acceptors (Lipinski definition) is 5. The van der Waals surface area contributed by atoms with Gasteiger partial charge in [-0.15, -0.1) is 11.3 Å². The Bertz CT molecular complexity index is 803. The van der Waals surface area contributed by atoms with Crippen molar-refractivity contribution in [1.29, 1.82) is 0 Å². The highest BCUT2D eigenvalue weighted by Gasteiger charge is 2.10. The number of nitrogens with zero attached hydrogens (tertiary/aromatic N) is 2. The Kier molecular flexibility index (Phi) is 5.13. The zero-order valence-corrected chi connectivity index (χ0v) is 14.6. The number of thiophene rings is 1. The first-order chi connectivity index (χ1) is 11.7. The summed E-state index contributed by atoms with van der Waals surface area (Å²) in [6.07, 6.45) is 0. The Morgan fingerprint density at radius 3 is 2.75 bits per heavy atom. The molecule has 0 amide bonds. The number of hydrogen-bond donors (Lipinski definition) is 1. The quantitative estimate of drug-likeness (QED) is 0.732. The minimum Gasteiger partial charge on any atom is -0.508 e. The predicted molar refractivity (Wildman–Crippen MR) is 97.4 cm³/mol. The van der Waals surface area contributed by atoms with Crippen LogP contribution in [0.15, 0.2) is 53.9 Å². The Labute approximate surface area is 146 Å². The number of aromatic nitrogens is 1. The van der Waals surface area contributed by atoms with E-state index in [0.717, 1.165) is 23.4 Å². The van der Waals surface area contributed by atoms with Gasteiger partial charge in [-0.25, -0.2) is 4.98 Å². The number of rotatable bonds is 6. The summed E-state index contributed by atoms with van der Waals surface area (Å²) in [5.41, 5.74) is 2.68. The maximum absolute atomic E-state index is 10.2. The molecule has 2 aromatic heterocycles. The molecule has 0 atom stereocenters. The lowest BCUT2D eigenvalue weighted by molar-refractivity contribution is 0.315. The lowest BCUT2D eigenvalue weighted by Gasteiger charge is -2.17. The lowest BCUT2D eigenvalue weighted by atomic mass is 10.1. The van der Waals surface area contributed by atoms with Gasteiger partial charge in [0.05, 0.1) is 12.8 Å². The van der Waals surface area contributed by atoms with E-state index in [1.54, 1.807) is 24.5 Å². The molecule has 1 N–H and O–H groups in total. The fourth-order valence-corrected chi connectivity index (χ4v) is 3.36. The molecular weight excluding hydrogens is 320 g/mol. The molecule has 3 rings (SSSR count). The molecule has 2 heterocycles. The van der Waals surface area contributed by atoms with Crippen molar-refractivity contribution in [2.75, 3.05) is 14.2 Å². The number of aromatic hydroxyl groups is 1. The SMILES string of the molecule is COc1cccc(-c2ccc(O)c(CN(C)Cc3cccs3)c2)n1. The number of benzene rings is 1. The topological polar surface area (TPSA) is 45.6 Å². The molecule has 3 aromatic rings. The van der Waals surface area contributed by atoms with E-state index in [4.69, 9.17) is 4.74 Å². The average Bonchev–Trinajstić information content (AvgIpc) is 3.09. The van der Waals surface area contributed by atoms with Crippen LogP contribution >= 0.6 is 11.3 Å². The van der Waals surface area contributed by atoms with Gasteiger partial charge in [-0.3, -0.25) is 4.90 Å². The van der Waals surface area contributed by atoms with Gasteiger partial charge in [0.1, 0.15) is 5.75 Å². The van der Waals surface area contributed by atoms with Crippen LogP contribution in [0, 0.1) is 0 Å². The van der Waals surface area contributed by atoms with Crippen LogP contribution in [0.4, 0.5) is 0 Å². The number of phenolic OH excluding ortho intramolecular Hbond substituents is 1. The summed E-state index contributed by atoms with van der Waals surface area (Å²) in [6.45, 7) is 1.53. The molecule has 0 saturated heterocycles. The van der Waals surface area contributed by atoms with E-state index in [1.807, 2.05) is 30.3 Å². The fraction of sp³-hybridized carbons (Fsp3) is 0.211. The number of methoxy groups -OCH3 is 1. The van der Waals surface area contributed by atoms with Gasteiger partial charge >= 0.3 is 0 Å². The molecule has 5 heteroatoms. The van der Waals surface area contributed by atoms with Crippen molar-refractivity contribution in [3.63, 3.8) is 0 Å². The average molecular weight is 340 g/mol. The number of ether oxygens (including phenoxy) is 1. The van der Waals surface area contributed by atoms with Crippen LogP contribution in [0.25, 0.3) is 11.3 Å². The Morgan fingerprint density at radius 1 is 1.12 bits per heavy atom. The van der Waals surface area contributed by atoms with Crippen molar-refractivity contribution in [3.8, 4) is 22.9 Å². The van der Waals surface area contributed by atoms with E-state index in [9.17, 15) is 5.11 Å². The van der Waals surface area contributed by atoms with Gasteiger partial charge in [0.2, 0.25) is 5.88 Å². The molecule has 0 spiro atoms. The maximum Gasteiger partial charge on any atom is 0.213 e. The van der Waals surface area contributed by atoms with Crippen molar-refractivity contribution >= 4 is 11.3 Å². The zero-order valence-electron chi connectivity index (χ0n) is 13.8. The first-order valence-electron chi connectivity index (χ1n) is 7.70. The first-order valence-corrected chi connectivity index (χ1v) is 8.58. The summed E-state index contributed by atoms with van der Waals surface area (Å²) in [6, 6.07) is 15.4. The highest BCUT2D eigenvalue weighted by atomic mass is 32.1. The van der Waals surface area contributed by atoms with E-state index < -0.39 is 0 Å². The Morgan fingerprint density at radius 2 is 2.00 bits per heavy atom. The summed E-state index contributed by atoms with van der Waals surface area (Å²) in [7, 11) is 3.66. The molecule has 0 bridgehead atoms. The third-order valence-electron chi connectivity index (χ3n) is 3.75. The largest absolute Gasteiger partial charge is 0.508 e. The van der Waals surface area contributed by atoms with Crippen molar-refractivity contribution in [2.45, 2.75) is 13.1 Å². The monoisotopic (exact) mass is 340 g/mol. The van der Waals surface area contributed by atoms with Gasteiger partial charge in [-0.05, 0) is 42.8 Å². The molecule has 1 aromatic carbocycles. The summed E-state index contributed by atoms with van der Waals surface area (Å²) in [4.78, 5) is 7.95.